The molecule has 0 aliphatic heterocycles. The Bertz CT molecular complexity index is 494. The number of hydrogen-bond donors (Lipinski definition) is 1. The molecule has 16 heavy (non-hydrogen) atoms. The molecule has 0 atom stereocenters. The van der Waals surface area contributed by atoms with Crippen LogP contribution >= 0.6 is 0 Å². The molecule has 0 aromatic carbocycles. The number of rotatable bonds is 1. The van der Waals surface area contributed by atoms with Crippen molar-refractivity contribution in [3.63, 3.8) is 0 Å². The summed E-state index contributed by atoms with van der Waals surface area (Å²) in [5, 5.41) is 6.93. The molecule has 0 bridgehead atoms. The Kier molecular flexibility index (Phi) is 2.50. The predicted octanol–water partition coefficient (Wildman–Crippen LogP) is 2.47. The number of nitrogens with one attached hydrogen (secondary N) is 1. The highest BCUT2D eigenvalue weighted by molar-refractivity contribution is 5.50. The van der Waals surface area contributed by atoms with Crippen LogP contribution in [0.25, 0.3) is 11.5 Å². The Balaban J connectivity index is 2.44. The van der Waals surface area contributed by atoms with Gasteiger partial charge in [-0.3, -0.25) is 10.1 Å². The molecule has 0 saturated carbocycles. The van der Waals surface area contributed by atoms with Gasteiger partial charge in [0.05, 0.1) is 0 Å². The van der Waals surface area contributed by atoms with Gasteiger partial charge in [-0.05, 0) is 30.0 Å². The van der Waals surface area contributed by atoms with Crippen LogP contribution in [-0.2, 0) is 5.41 Å². The van der Waals surface area contributed by atoms with E-state index in [2.05, 4.69) is 40.9 Å². The highest BCUT2D eigenvalue weighted by Crippen LogP contribution is 2.24. The van der Waals surface area contributed by atoms with Crippen molar-refractivity contribution in [3.05, 3.63) is 29.7 Å². The second-order valence-corrected chi connectivity index (χ2v) is 4.92. The average Bonchev–Trinajstić information content (AvgIpc) is 2.64. The molecule has 0 fully saturated rings. The second kappa shape index (κ2) is 3.70. The predicted molar refractivity (Wildman–Crippen MR) is 63.1 cm³/mol. The largest absolute Gasteiger partial charge is 0.263 e. The Hall–Kier alpha value is -1.71. The molecule has 0 amide bonds. The third kappa shape index (κ3) is 2.10. The van der Waals surface area contributed by atoms with Gasteiger partial charge >= 0.3 is 0 Å². The van der Waals surface area contributed by atoms with E-state index in [1.165, 1.54) is 5.56 Å². The number of hydrogen-bond acceptors (Lipinski definition) is 3. The summed E-state index contributed by atoms with van der Waals surface area (Å²) in [4.78, 5) is 8.57. The molecular formula is C12H16N4. The molecule has 0 aliphatic carbocycles. The first-order valence-electron chi connectivity index (χ1n) is 5.33. The van der Waals surface area contributed by atoms with Crippen molar-refractivity contribution in [3.8, 4) is 11.5 Å². The van der Waals surface area contributed by atoms with Gasteiger partial charge in [0, 0.05) is 6.20 Å². The van der Waals surface area contributed by atoms with Crippen molar-refractivity contribution in [1.82, 2.24) is 20.2 Å². The van der Waals surface area contributed by atoms with Gasteiger partial charge in [-0.2, -0.15) is 5.10 Å². The van der Waals surface area contributed by atoms with E-state index in [0.717, 1.165) is 11.5 Å². The lowest BCUT2D eigenvalue weighted by atomic mass is 9.87. The molecule has 0 radical (unpaired) electrons. The Morgan fingerprint density at radius 2 is 2.00 bits per heavy atom. The van der Waals surface area contributed by atoms with E-state index in [4.69, 9.17) is 0 Å². The van der Waals surface area contributed by atoms with Crippen molar-refractivity contribution < 1.29 is 0 Å². The average molecular weight is 216 g/mol. The molecule has 0 saturated heterocycles. The van der Waals surface area contributed by atoms with Gasteiger partial charge < -0.3 is 0 Å². The standard InChI is InChI=1S/C12H16N4/c1-8-14-11(16-15-8)10-7-9(5-6-13-10)12(2,3)4/h5-7H,1-4H3,(H,14,15,16). The summed E-state index contributed by atoms with van der Waals surface area (Å²) < 4.78 is 0. The monoisotopic (exact) mass is 216 g/mol. The number of nitrogens with zero attached hydrogens (tertiary/aromatic N) is 3. The van der Waals surface area contributed by atoms with Crippen molar-refractivity contribution in [2.45, 2.75) is 33.1 Å². The fourth-order valence-electron chi connectivity index (χ4n) is 1.48. The molecule has 1 N–H and O–H groups in total. The zero-order valence-corrected chi connectivity index (χ0v) is 10.1. The molecule has 4 nitrogen and oxygen atoms in total. The summed E-state index contributed by atoms with van der Waals surface area (Å²) >= 11 is 0. The Morgan fingerprint density at radius 1 is 1.25 bits per heavy atom. The molecule has 0 aliphatic rings. The molecule has 4 heteroatoms. The molecule has 0 spiro atoms. The van der Waals surface area contributed by atoms with E-state index >= 15 is 0 Å². The molecule has 2 rings (SSSR count). The summed E-state index contributed by atoms with van der Waals surface area (Å²) in [6, 6.07) is 4.08. The first kappa shape index (κ1) is 10.8. The third-order valence-corrected chi connectivity index (χ3v) is 2.45. The number of aromatic nitrogens is 4. The SMILES string of the molecule is Cc1nc(-c2cc(C(C)(C)C)ccn2)n[nH]1. The summed E-state index contributed by atoms with van der Waals surface area (Å²) in [6.07, 6.45) is 1.81. The fraction of sp³-hybridized carbons (Fsp3) is 0.417. The van der Waals surface area contributed by atoms with Crippen LogP contribution in [0.4, 0.5) is 0 Å². The molecular weight excluding hydrogens is 200 g/mol. The van der Waals surface area contributed by atoms with Gasteiger partial charge in [-0.15, -0.1) is 0 Å². The van der Waals surface area contributed by atoms with Crippen LogP contribution < -0.4 is 0 Å². The van der Waals surface area contributed by atoms with E-state index in [9.17, 15) is 0 Å². The Morgan fingerprint density at radius 3 is 2.56 bits per heavy atom. The lowest BCUT2D eigenvalue weighted by molar-refractivity contribution is 0.589. The van der Waals surface area contributed by atoms with Gasteiger partial charge in [0.15, 0.2) is 5.82 Å². The maximum Gasteiger partial charge on any atom is 0.199 e. The second-order valence-electron chi connectivity index (χ2n) is 4.92. The summed E-state index contributed by atoms with van der Waals surface area (Å²) in [6.45, 7) is 8.41. The molecule has 2 aromatic heterocycles. The van der Waals surface area contributed by atoms with Crippen molar-refractivity contribution in [1.29, 1.82) is 0 Å². The first-order chi connectivity index (χ1) is 7.47. The highest BCUT2D eigenvalue weighted by Gasteiger charge is 2.15. The topological polar surface area (TPSA) is 54.5 Å². The highest BCUT2D eigenvalue weighted by atomic mass is 15.2. The summed E-state index contributed by atoms with van der Waals surface area (Å²) in [5.41, 5.74) is 2.17. The van der Waals surface area contributed by atoms with Crippen LogP contribution in [0.5, 0.6) is 0 Å². The minimum Gasteiger partial charge on any atom is -0.263 e. The number of aromatic amines is 1. The molecule has 84 valence electrons. The smallest absolute Gasteiger partial charge is 0.199 e. The van der Waals surface area contributed by atoms with Crippen LogP contribution in [0.15, 0.2) is 18.3 Å². The lowest BCUT2D eigenvalue weighted by Crippen LogP contribution is -2.11. The van der Waals surface area contributed by atoms with E-state index in [-0.39, 0.29) is 5.41 Å². The quantitative estimate of drug-likeness (QED) is 0.796. The van der Waals surface area contributed by atoms with Crippen LogP contribution in [-0.4, -0.2) is 20.2 Å². The van der Waals surface area contributed by atoms with Crippen LogP contribution in [0.1, 0.15) is 32.2 Å². The summed E-state index contributed by atoms with van der Waals surface area (Å²) in [7, 11) is 0. The van der Waals surface area contributed by atoms with Crippen LogP contribution in [0.2, 0.25) is 0 Å². The van der Waals surface area contributed by atoms with Crippen molar-refractivity contribution in [2.75, 3.05) is 0 Å². The van der Waals surface area contributed by atoms with Gasteiger partial charge in [-0.25, -0.2) is 4.98 Å². The molecule has 2 aromatic rings. The van der Waals surface area contributed by atoms with Gasteiger partial charge in [0.25, 0.3) is 0 Å². The van der Waals surface area contributed by atoms with Crippen LogP contribution in [0.3, 0.4) is 0 Å². The van der Waals surface area contributed by atoms with Crippen LogP contribution in [0, 0.1) is 6.92 Å². The normalized spacial score (nSPS) is 11.8. The van der Waals surface area contributed by atoms with Gasteiger partial charge in [0.2, 0.25) is 0 Å². The Labute approximate surface area is 95.1 Å². The van der Waals surface area contributed by atoms with E-state index in [0.29, 0.717) is 5.82 Å². The van der Waals surface area contributed by atoms with E-state index < -0.39 is 0 Å². The minimum absolute atomic E-state index is 0.114. The number of aryl methyl sites for hydroxylation is 1. The molecule has 0 unspecified atom stereocenters. The van der Waals surface area contributed by atoms with Crippen molar-refractivity contribution in [2.24, 2.45) is 0 Å². The fourth-order valence-corrected chi connectivity index (χ4v) is 1.48. The maximum absolute atomic E-state index is 4.29. The molecule has 2 heterocycles. The van der Waals surface area contributed by atoms with E-state index in [1.54, 1.807) is 0 Å². The minimum atomic E-state index is 0.114. The lowest BCUT2D eigenvalue weighted by Gasteiger charge is -2.18. The first-order valence-corrected chi connectivity index (χ1v) is 5.33. The van der Waals surface area contributed by atoms with Gasteiger partial charge in [-0.1, -0.05) is 20.8 Å². The maximum atomic E-state index is 4.29. The number of pyridine rings is 1. The zero-order valence-electron chi connectivity index (χ0n) is 10.1. The zero-order chi connectivity index (χ0) is 11.8. The number of H-pyrrole nitrogens is 1. The van der Waals surface area contributed by atoms with Gasteiger partial charge in [0.1, 0.15) is 11.5 Å². The van der Waals surface area contributed by atoms with E-state index in [1.807, 2.05) is 25.3 Å². The summed E-state index contributed by atoms with van der Waals surface area (Å²) in [5.74, 6) is 1.46. The van der Waals surface area contributed by atoms with Crippen molar-refractivity contribution >= 4 is 0 Å². The third-order valence-electron chi connectivity index (χ3n) is 2.45.